The number of hydrogen-bond donors (Lipinski definition) is 2. The van der Waals surface area contributed by atoms with Gasteiger partial charge in [-0.05, 0) is 102 Å². The van der Waals surface area contributed by atoms with Gasteiger partial charge in [0.25, 0.3) is 5.91 Å². The van der Waals surface area contributed by atoms with Crippen LogP contribution in [0.1, 0.15) is 69.8 Å². The third-order valence-corrected chi connectivity index (χ3v) is 7.36. The lowest BCUT2D eigenvalue weighted by atomic mass is 9.74. The Morgan fingerprint density at radius 3 is 2.61 bits per heavy atom. The molecule has 0 atom stereocenters. The van der Waals surface area contributed by atoms with E-state index in [4.69, 9.17) is 9.47 Å². The Morgan fingerprint density at radius 2 is 1.82 bits per heavy atom. The van der Waals surface area contributed by atoms with E-state index < -0.39 is 5.60 Å². The molecule has 0 radical (unpaired) electrons. The number of nitrogens with zero attached hydrogens (tertiary/aromatic N) is 2. The first-order chi connectivity index (χ1) is 18.2. The van der Waals surface area contributed by atoms with Crippen LogP contribution in [0, 0.1) is 5.41 Å². The SMILES string of the molecule is CC(C)(C)OC(=O)N1CCC2(CCCNCCCCOc3ccccc3-c3ccnc(c3)C(=O)NC2)CC1. The number of likely N-dealkylation sites (tertiary alicyclic amines) is 1. The second kappa shape index (κ2) is 12.6. The lowest BCUT2D eigenvalue weighted by Crippen LogP contribution is -2.49. The minimum absolute atomic E-state index is 0.0701. The quantitative estimate of drug-likeness (QED) is 0.504. The molecule has 2 N–H and O–H groups in total. The summed E-state index contributed by atoms with van der Waals surface area (Å²) in [5.41, 5.74) is 1.67. The first kappa shape index (κ1) is 27.9. The van der Waals surface area contributed by atoms with Gasteiger partial charge in [-0.3, -0.25) is 9.78 Å². The number of ether oxygens (including phenoxy) is 2. The van der Waals surface area contributed by atoms with Gasteiger partial charge in [0.05, 0.1) is 6.61 Å². The molecule has 3 heterocycles. The number of para-hydroxylation sites is 1. The number of hydrogen-bond acceptors (Lipinski definition) is 6. The van der Waals surface area contributed by atoms with E-state index in [9.17, 15) is 9.59 Å². The molecular formula is C30H42N4O4. The topological polar surface area (TPSA) is 92.8 Å². The number of amides is 2. The maximum absolute atomic E-state index is 13.2. The van der Waals surface area contributed by atoms with Gasteiger partial charge in [0.15, 0.2) is 0 Å². The Hall–Kier alpha value is -3.13. The zero-order valence-corrected chi connectivity index (χ0v) is 23.1. The van der Waals surface area contributed by atoms with Crippen molar-refractivity contribution in [2.75, 3.05) is 39.3 Å². The highest BCUT2D eigenvalue weighted by Crippen LogP contribution is 2.36. The fourth-order valence-electron chi connectivity index (χ4n) is 5.16. The highest BCUT2D eigenvalue weighted by atomic mass is 16.6. The molecule has 1 aromatic carbocycles. The highest BCUT2D eigenvalue weighted by Gasteiger charge is 2.37. The summed E-state index contributed by atoms with van der Waals surface area (Å²) in [4.78, 5) is 32.0. The van der Waals surface area contributed by atoms with Gasteiger partial charge in [-0.1, -0.05) is 18.2 Å². The molecule has 1 fully saturated rings. The van der Waals surface area contributed by atoms with Crippen LogP contribution in [0.15, 0.2) is 42.6 Å². The summed E-state index contributed by atoms with van der Waals surface area (Å²) in [5.74, 6) is 0.633. The molecule has 2 aliphatic heterocycles. The molecule has 1 saturated heterocycles. The van der Waals surface area contributed by atoms with E-state index in [-0.39, 0.29) is 17.4 Å². The first-order valence-corrected chi connectivity index (χ1v) is 13.9. The van der Waals surface area contributed by atoms with Crippen LogP contribution < -0.4 is 15.4 Å². The van der Waals surface area contributed by atoms with Crippen LogP contribution in [0.5, 0.6) is 5.75 Å². The van der Waals surface area contributed by atoms with Gasteiger partial charge in [0.2, 0.25) is 0 Å². The van der Waals surface area contributed by atoms with Crippen molar-refractivity contribution in [1.82, 2.24) is 20.5 Å². The van der Waals surface area contributed by atoms with E-state index in [1.165, 1.54) is 0 Å². The summed E-state index contributed by atoms with van der Waals surface area (Å²) < 4.78 is 11.7. The molecular weight excluding hydrogens is 480 g/mol. The monoisotopic (exact) mass is 522 g/mol. The summed E-state index contributed by atoms with van der Waals surface area (Å²) in [6.45, 7) is 10.0. The van der Waals surface area contributed by atoms with Crippen LogP contribution in [0.2, 0.25) is 0 Å². The molecule has 8 nitrogen and oxygen atoms in total. The van der Waals surface area contributed by atoms with E-state index in [1.54, 1.807) is 11.1 Å². The van der Waals surface area contributed by atoms with Crippen molar-refractivity contribution >= 4 is 12.0 Å². The van der Waals surface area contributed by atoms with E-state index in [2.05, 4.69) is 15.6 Å². The van der Waals surface area contributed by atoms with Crippen LogP contribution in [0.4, 0.5) is 4.79 Å². The molecule has 0 saturated carbocycles. The number of pyridine rings is 1. The summed E-state index contributed by atoms with van der Waals surface area (Å²) in [5, 5.41) is 6.73. The molecule has 1 spiro atoms. The second-order valence-corrected chi connectivity index (χ2v) is 11.5. The Bertz CT molecular complexity index is 1090. The van der Waals surface area contributed by atoms with E-state index in [0.717, 1.165) is 68.5 Å². The lowest BCUT2D eigenvalue weighted by molar-refractivity contribution is 0.00854. The largest absolute Gasteiger partial charge is 0.493 e. The third-order valence-electron chi connectivity index (χ3n) is 7.36. The van der Waals surface area contributed by atoms with Crippen molar-refractivity contribution in [1.29, 1.82) is 0 Å². The average molecular weight is 523 g/mol. The number of fused-ring (bicyclic) bond motifs is 4. The number of nitrogens with one attached hydrogen (secondary N) is 2. The van der Waals surface area contributed by atoms with Gasteiger partial charge in [-0.15, -0.1) is 0 Å². The van der Waals surface area contributed by atoms with Crippen LogP contribution in [0.3, 0.4) is 0 Å². The molecule has 0 aliphatic carbocycles. The molecule has 4 rings (SSSR count). The zero-order chi connectivity index (χ0) is 27.0. The summed E-state index contributed by atoms with van der Waals surface area (Å²) in [7, 11) is 0. The van der Waals surface area contributed by atoms with Gasteiger partial charge in [0, 0.05) is 31.4 Å². The highest BCUT2D eigenvalue weighted by molar-refractivity contribution is 5.93. The fraction of sp³-hybridized carbons (Fsp3) is 0.567. The van der Waals surface area contributed by atoms with Crippen molar-refractivity contribution in [2.24, 2.45) is 5.41 Å². The molecule has 206 valence electrons. The molecule has 2 bridgehead atoms. The molecule has 38 heavy (non-hydrogen) atoms. The van der Waals surface area contributed by atoms with Crippen LogP contribution in [0.25, 0.3) is 11.1 Å². The van der Waals surface area contributed by atoms with Crippen LogP contribution in [-0.2, 0) is 4.74 Å². The number of rotatable bonds is 0. The zero-order valence-electron chi connectivity index (χ0n) is 23.1. The van der Waals surface area contributed by atoms with Crippen molar-refractivity contribution in [3.63, 3.8) is 0 Å². The van der Waals surface area contributed by atoms with Gasteiger partial charge >= 0.3 is 6.09 Å². The third kappa shape index (κ3) is 7.69. The molecule has 2 aliphatic rings. The molecule has 1 aromatic heterocycles. The second-order valence-electron chi connectivity index (χ2n) is 11.5. The van der Waals surface area contributed by atoms with Crippen molar-refractivity contribution < 1.29 is 19.1 Å². The number of benzene rings is 1. The van der Waals surface area contributed by atoms with Crippen LogP contribution >= 0.6 is 0 Å². The molecule has 0 unspecified atom stereocenters. The minimum atomic E-state index is -0.514. The van der Waals surface area contributed by atoms with Gasteiger partial charge in [-0.2, -0.15) is 0 Å². The summed E-state index contributed by atoms with van der Waals surface area (Å²) in [6.07, 6.45) is 7.08. The number of carbonyl (C=O) groups excluding carboxylic acids is 2. The van der Waals surface area contributed by atoms with E-state index >= 15 is 0 Å². The number of aromatic nitrogens is 1. The molecule has 2 amide bonds. The maximum Gasteiger partial charge on any atom is 0.410 e. The predicted octanol–water partition coefficient (Wildman–Crippen LogP) is 5.04. The Kier molecular flexibility index (Phi) is 9.26. The minimum Gasteiger partial charge on any atom is -0.493 e. The Labute approximate surface area is 226 Å². The maximum atomic E-state index is 13.2. The fourth-order valence-corrected chi connectivity index (χ4v) is 5.16. The predicted molar refractivity (Wildman–Crippen MR) is 148 cm³/mol. The molecule has 2 aromatic rings. The van der Waals surface area contributed by atoms with Gasteiger partial charge < -0.3 is 25.0 Å². The number of carbonyl (C=O) groups is 2. The van der Waals surface area contributed by atoms with E-state index in [0.29, 0.717) is 31.9 Å². The van der Waals surface area contributed by atoms with Gasteiger partial charge in [-0.25, -0.2) is 4.79 Å². The number of piperidine rings is 1. The smallest absolute Gasteiger partial charge is 0.410 e. The van der Waals surface area contributed by atoms with Crippen molar-refractivity contribution in [2.45, 2.75) is 64.9 Å². The summed E-state index contributed by atoms with van der Waals surface area (Å²) in [6, 6.07) is 11.7. The molecule has 8 heteroatoms. The standard InChI is InChI=1S/C30H42N4O4/c1-29(2,3)38-28(36)34-18-13-30(14-19-34)12-8-16-31-15-6-7-20-37-26-10-5-4-9-24(26)23-11-17-32-25(21-23)27(35)33-22-30/h4-5,9-11,17,21,31H,6-8,12-16,18-20,22H2,1-3H3,(H,33,35). The van der Waals surface area contributed by atoms with E-state index in [1.807, 2.05) is 57.2 Å². The Morgan fingerprint density at radius 1 is 1.05 bits per heavy atom. The lowest BCUT2D eigenvalue weighted by Gasteiger charge is -2.42. The van der Waals surface area contributed by atoms with Crippen LogP contribution in [-0.4, -0.2) is 66.8 Å². The average Bonchev–Trinajstić information content (AvgIpc) is 2.90. The van der Waals surface area contributed by atoms with Crippen molar-refractivity contribution in [3.05, 3.63) is 48.3 Å². The Balaban J connectivity index is 1.50. The van der Waals surface area contributed by atoms with Gasteiger partial charge in [0.1, 0.15) is 17.0 Å². The normalized spacial score (nSPS) is 19.3. The first-order valence-electron chi connectivity index (χ1n) is 13.9. The summed E-state index contributed by atoms with van der Waals surface area (Å²) >= 11 is 0. The van der Waals surface area contributed by atoms with Crippen molar-refractivity contribution in [3.8, 4) is 16.9 Å².